The Labute approximate surface area is 102 Å². The van der Waals surface area contributed by atoms with Crippen LogP contribution in [0.25, 0.3) is 5.70 Å². The van der Waals surface area contributed by atoms with E-state index in [-0.39, 0.29) is 0 Å². The molecule has 17 heavy (non-hydrogen) atoms. The van der Waals surface area contributed by atoms with Crippen molar-refractivity contribution in [3.8, 4) is 0 Å². The van der Waals surface area contributed by atoms with E-state index in [1.54, 1.807) is 0 Å². The zero-order chi connectivity index (χ0) is 11.8. The van der Waals surface area contributed by atoms with Gasteiger partial charge < -0.3 is 9.80 Å². The molecule has 5 nitrogen and oxygen atoms in total. The first-order valence-corrected chi connectivity index (χ1v) is 6.28. The van der Waals surface area contributed by atoms with E-state index >= 15 is 0 Å². The van der Waals surface area contributed by atoms with Gasteiger partial charge in [-0.05, 0) is 19.9 Å². The summed E-state index contributed by atoms with van der Waals surface area (Å²) >= 11 is 0. The smallest absolute Gasteiger partial charge is 0.128 e. The van der Waals surface area contributed by atoms with Gasteiger partial charge in [-0.1, -0.05) is 11.8 Å². The molecule has 0 unspecified atom stereocenters. The van der Waals surface area contributed by atoms with Gasteiger partial charge in [0.25, 0.3) is 0 Å². The second-order valence-electron chi connectivity index (χ2n) is 5.05. The molecule has 3 rings (SSSR count). The molecule has 1 aliphatic heterocycles. The third kappa shape index (κ3) is 2.20. The third-order valence-electron chi connectivity index (χ3n) is 3.61. The van der Waals surface area contributed by atoms with Crippen LogP contribution in [0.1, 0.15) is 24.6 Å². The quantitative estimate of drug-likeness (QED) is 0.775. The van der Waals surface area contributed by atoms with Crippen LogP contribution in [-0.4, -0.2) is 58.0 Å². The lowest BCUT2D eigenvalue weighted by atomic mass is 10.2. The van der Waals surface area contributed by atoms with Crippen molar-refractivity contribution in [2.45, 2.75) is 18.9 Å². The lowest BCUT2D eigenvalue weighted by Crippen LogP contribution is -2.43. The molecule has 0 aromatic carbocycles. The van der Waals surface area contributed by atoms with Crippen molar-refractivity contribution in [3.05, 3.63) is 18.5 Å². The van der Waals surface area contributed by atoms with Gasteiger partial charge in [-0.3, -0.25) is 0 Å². The maximum atomic E-state index is 4.23. The Kier molecular flexibility index (Phi) is 2.63. The Hall–Kier alpha value is -1.36. The Morgan fingerprint density at radius 1 is 1.29 bits per heavy atom. The van der Waals surface area contributed by atoms with Crippen LogP contribution in [0.3, 0.4) is 0 Å². The van der Waals surface area contributed by atoms with Crippen molar-refractivity contribution in [3.63, 3.8) is 0 Å². The fraction of sp³-hybridized carbons (Fsp3) is 0.667. The van der Waals surface area contributed by atoms with Crippen molar-refractivity contribution in [1.29, 1.82) is 0 Å². The summed E-state index contributed by atoms with van der Waals surface area (Å²) in [6.07, 6.45) is 4.52. The molecule has 1 aliphatic carbocycles. The lowest BCUT2D eigenvalue weighted by molar-refractivity contribution is 0.207. The second-order valence-corrected chi connectivity index (χ2v) is 5.05. The van der Waals surface area contributed by atoms with Crippen LogP contribution in [0.4, 0.5) is 0 Å². The van der Waals surface area contributed by atoms with E-state index in [0.29, 0.717) is 6.04 Å². The van der Waals surface area contributed by atoms with Crippen molar-refractivity contribution in [2.75, 3.05) is 33.2 Å². The highest BCUT2D eigenvalue weighted by atomic mass is 15.4. The molecular weight excluding hydrogens is 214 g/mol. The van der Waals surface area contributed by atoms with E-state index in [0.717, 1.165) is 37.6 Å². The minimum Gasteiger partial charge on any atom is -0.368 e. The Morgan fingerprint density at radius 3 is 2.65 bits per heavy atom. The molecule has 2 aliphatic rings. The van der Waals surface area contributed by atoms with E-state index in [1.165, 1.54) is 12.8 Å². The molecule has 2 fully saturated rings. The van der Waals surface area contributed by atoms with Crippen LogP contribution in [-0.2, 0) is 0 Å². The van der Waals surface area contributed by atoms with Crippen LogP contribution in [0.2, 0.25) is 0 Å². The van der Waals surface area contributed by atoms with Crippen LogP contribution in [0, 0.1) is 0 Å². The highest BCUT2D eigenvalue weighted by Crippen LogP contribution is 2.34. The van der Waals surface area contributed by atoms with Crippen molar-refractivity contribution in [2.24, 2.45) is 0 Å². The number of hydrogen-bond acceptors (Lipinski definition) is 4. The first kappa shape index (κ1) is 10.8. The summed E-state index contributed by atoms with van der Waals surface area (Å²) in [5.41, 5.74) is 1.95. The highest BCUT2D eigenvalue weighted by molar-refractivity contribution is 5.57. The highest BCUT2D eigenvalue weighted by Gasteiger charge is 2.26. The fourth-order valence-corrected chi connectivity index (χ4v) is 2.16. The molecule has 0 atom stereocenters. The molecule has 1 aromatic rings. The van der Waals surface area contributed by atoms with Gasteiger partial charge >= 0.3 is 0 Å². The topological polar surface area (TPSA) is 37.2 Å². The van der Waals surface area contributed by atoms with Gasteiger partial charge in [0.2, 0.25) is 0 Å². The molecule has 0 spiro atoms. The SMILES string of the molecule is C=C(c1cn(C2CC2)nn1)N1CCN(C)CC1. The Bertz CT molecular complexity index is 412. The summed E-state index contributed by atoms with van der Waals surface area (Å²) in [7, 11) is 2.16. The molecular formula is C12H19N5. The monoisotopic (exact) mass is 233 g/mol. The summed E-state index contributed by atoms with van der Waals surface area (Å²) in [6, 6.07) is 0.594. The Morgan fingerprint density at radius 2 is 2.00 bits per heavy atom. The number of piperazine rings is 1. The first-order chi connectivity index (χ1) is 8.24. The predicted octanol–water partition coefficient (Wildman–Crippen LogP) is 0.831. The predicted molar refractivity (Wildman–Crippen MR) is 66.4 cm³/mol. The molecule has 0 N–H and O–H groups in total. The largest absolute Gasteiger partial charge is 0.368 e. The summed E-state index contributed by atoms with van der Waals surface area (Å²) < 4.78 is 1.98. The van der Waals surface area contributed by atoms with E-state index in [2.05, 4.69) is 33.7 Å². The standard InChI is InChI=1S/C12H19N5/c1-10(16-7-5-15(2)6-8-16)12-9-17(14-13-12)11-3-4-11/h9,11H,1,3-8H2,2H3. The lowest BCUT2D eigenvalue weighted by Gasteiger charge is -2.34. The molecule has 1 aromatic heterocycles. The molecule has 0 radical (unpaired) electrons. The van der Waals surface area contributed by atoms with Crippen LogP contribution in [0.15, 0.2) is 12.8 Å². The zero-order valence-corrected chi connectivity index (χ0v) is 10.3. The van der Waals surface area contributed by atoms with Crippen molar-refractivity contribution in [1.82, 2.24) is 24.8 Å². The number of rotatable bonds is 3. The fourth-order valence-electron chi connectivity index (χ4n) is 2.16. The Balaban J connectivity index is 1.67. The van der Waals surface area contributed by atoms with E-state index < -0.39 is 0 Å². The van der Waals surface area contributed by atoms with Gasteiger partial charge in [0.05, 0.1) is 17.9 Å². The average Bonchev–Trinajstić information content (AvgIpc) is 3.07. The van der Waals surface area contributed by atoms with Gasteiger partial charge in [0.15, 0.2) is 0 Å². The van der Waals surface area contributed by atoms with Crippen LogP contribution >= 0.6 is 0 Å². The molecule has 0 bridgehead atoms. The molecule has 1 saturated carbocycles. The van der Waals surface area contributed by atoms with Crippen LogP contribution in [0.5, 0.6) is 0 Å². The van der Waals surface area contributed by atoms with Crippen LogP contribution < -0.4 is 0 Å². The average molecular weight is 233 g/mol. The normalized spacial score (nSPS) is 21.8. The van der Waals surface area contributed by atoms with Gasteiger partial charge in [-0.15, -0.1) is 5.10 Å². The molecule has 5 heteroatoms. The van der Waals surface area contributed by atoms with E-state index in [4.69, 9.17) is 0 Å². The summed E-state index contributed by atoms with van der Waals surface area (Å²) in [6.45, 7) is 8.41. The number of hydrogen-bond donors (Lipinski definition) is 0. The van der Waals surface area contributed by atoms with Gasteiger partial charge in [0.1, 0.15) is 5.69 Å². The number of aromatic nitrogens is 3. The van der Waals surface area contributed by atoms with E-state index in [9.17, 15) is 0 Å². The third-order valence-corrected chi connectivity index (χ3v) is 3.61. The van der Waals surface area contributed by atoms with Crippen molar-refractivity contribution >= 4 is 5.70 Å². The van der Waals surface area contributed by atoms with Crippen molar-refractivity contribution < 1.29 is 0 Å². The maximum absolute atomic E-state index is 4.23. The molecule has 1 saturated heterocycles. The van der Waals surface area contributed by atoms with Gasteiger partial charge in [0, 0.05) is 26.2 Å². The number of likely N-dealkylation sites (N-methyl/N-ethyl adjacent to an activating group) is 1. The van der Waals surface area contributed by atoms with Gasteiger partial charge in [-0.2, -0.15) is 0 Å². The van der Waals surface area contributed by atoms with Gasteiger partial charge in [-0.25, -0.2) is 4.68 Å². The summed E-state index contributed by atoms with van der Waals surface area (Å²) in [5.74, 6) is 0. The molecule has 2 heterocycles. The minimum atomic E-state index is 0.594. The first-order valence-electron chi connectivity index (χ1n) is 6.28. The summed E-state index contributed by atoms with van der Waals surface area (Å²) in [5, 5.41) is 8.41. The maximum Gasteiger partial charge on any atom is 0.128 e. The minimum absolute atomic E-state index is 0.594. The molecule has 0 amide bonds. The number of nitrogens with zero attached hydrogens (tertiary/aromatic N) is 5. The van der Waals surface area contributed by atoms with E-state index in [1.807, 2.05) is 10.9 Å². The second kappa shape index (κ2) is 4.14. The molecule has 92 valence electrons. The zero-order valence-electron chi connectivity index (χ0n) is 10.3. The summed E-state index contributed by atoms with van der Waals surface area (Å²) in [4.78, 5) is 4.64.